The molecular formula is C13H15F3N2. The van der Waals surface area contributed by atoms with E-state index in [-0.39, 0.29) is 16.9 Å². The van der Waals surface area contributed by atoms with Gasteiger partial charge in [-0.3, -0.25) is 0 Å². The van der Waals surface area contributed by atoms with Gasteiger partial charge in [-0.1, -0.05) is 6.92 Å². The first-order valence-corrected chi connectivity index (χ1v) is 5.94. The lowest BCUT2D eigenvalue weighted by Crippen LogP contribution is -2.19. The Morgan fingerprint density at radius 3 is 2.61 bits per heavy atom. The zero-order valence-corrected chi connectivity index (χ0v) is 10.3. The normalized spacial score (nSPS) is 13.2. The largest absolute Gasteiger partial charge is 0.357 e. The molecule has 0 bridgehead atoms. The number of aromatic nitrogens is 1. The van der Waals surface area contributed by atoms with Crippen LogP contribution in [0, 0.1) is 17.5 Å². The van der Waals surface area contributed by atoms with Gasteiger partial charge in [0, 0.05) is 23.2 Å². The van der Waals surface area contributed by atoms with Crippen LogP contribution < -0.4 is 5.32 Å². The van der Waals surface area contributed by atoms with E-state index in [4.69, 9.17) is 0 Å². The van der Waals surface area contributed by atoms with E-state index in [0.717, 1.165) is 19.0 Å². The summed E-state index contributed by atoms with van der Waals surface area (Å²) in [6, 6.07) is 2.47. The minimum Gasteiger partial charge on any atom is -0.357 e. The second-order valence-electron chi connectivity index (χ2n) is 4.35. The number of fused-ring (bicyclic) bond motifs is 1. The number of hydrogen-bond donors (Lipinski definition) is 2. The maximum absolute atomic E-state index is 13.5. The smallest absolute Gasteiger partial charge is 0.195 e. The molecule has 0 radical (unpaired) electrons. The van der Waals surface area contributed by atoms with Gasteiger partial charge in [-0.15, -0.1) is 0 Å². The fourth-order valence-corrected chi connectivity index (χ4v) is 1.90. The maximum atomic E-state index is 13.5. The Kier molecular flexibility index (Phi) is 3.61. The highest BCUT2D eigenvalue weighted by Gasteiger charge is 2.17. The first-order chi connectivity index (χ1) is 8.54. The molecule has 2 aromatic rings. The van der Waals surface area contributed by atoms with Crippen molar-refractivity contribution in [1.82, 2.24) is 10.3 Å². The molecule has 18 heavy (non-hydrogen) atoms. The fourth-order valence-electron chi connectivity index (χ4n) is 1.90. The molecule has 0 aliphatic heterocycles. The van der Waals surface area contributed by atoms with Gasteiger partial charge in [0.2, 0.25) is 0 Å². The molecule has 2 rings (SSSR count). The van der Waals surface area contributed by atoms with Crippen molar-refractivity contribution in [3.8, 4) is 0 Å². The van der Waals surface area contributed by atoms with Crippen molar-refractivity contribution in [1.29, 1.82) is 0 Å². The topological polar surface area (TPSA) is 27.8 Å². The summed E-state index contributed by atoms with van der Waals surface area (Å²) in [7, 11) is 0. The number of aromatic amines is 1. The molecule has 0 saturated heterocycles. The molecular weight excluding hydrogens is 241 g/mol. The summed E-state index contributed by atoms with van der Waals surface area (Å²) >= 11 is 0. The monoisotopic (exact) mass is 256 g/mol. The van der Waals surface area contributed by atoms with Crippen molar-refractivity contribution in [3.05, 3.63) is 35.3 Å². The average molecular weight is 256 g/mol. The van der Waals surface area contributed by atoms with Crippen LogP contribution in [-0.2, 0) is 0 Å². The Bertz CT molecular complexity index is 563. The van der Waals surface area contributed by atoms with Gasteiger partial charge in [0.05, 0.1) is 5.52 Å². The molecule has 5 heteroatoms. The Labute approximate surface area is 103 Å². The Hall–Kier alpha value is -1.49. The molecule has 0 aliphatic carbocycles. The molecule has 98 valence electrons. The molecule has 1 heterocycles. The molecule has 1 unspecified atom stereocenters. The van der Waals surface area contributed by atoms with Gasteiger partial charge in [-0.05, 0) is 26.0 Å². The van der Waals surface area contributed by atoms with Crippen molar-refractivity contribution in [2.75, 3.05) is 6.54 Å². The molecule has 1 aromatic carbocycles. The minimum absolute atomic E-state index is 0.0251. The number of H-pyrrole nitrogens is 1. The second-order valence-corrected chi connectivity index (χ2v) is 4.35. The van der Waals surface area contributed by atoms with E-state index < -0.39 is 17.5 Å². The minimum atomic E-state index is -1.43. The predicted octanol–water partition coefficient (Wildman–Crippen LogP) is 3.65. The zero-order valence-electron chi connectivity index (χ0n) is 10.3. The maximum Gasteiger partial charge on any atom is 0.195 e. The standard InChI is InChI=1S/C13H15F3N2/c1-3-4-17-7(2)10-5-8-11(18-10)6-9(14)13(16)12(8)15/h5-7,17-18H,3-4H2,1-2H3. The summed E-state index contributed by atoms with van der Waals surface area (Å²) < 4.78 is 39.7. The third kappa shape index (κ3) is 2.22. The highest BCUT2D eigenvalue weighted by molar-refractivity contribution is 5.81. The van der Waals surface area contributed by atoms with Gasteiger partial charge in [0.1, 0.15) is 0 Å². The predicted molar refractivity (Wildman–Crippen MR) is 64.9 cm³/mol. The van der Waals surface area contributed by atoms with Gasteiger partial charge in [0.15, 0.2) is 17.5 Å². The van der Waals surface area contributed by atoms with Crippen molar-refractivity contribution in [2.24, 2.45) is 0 Å². The molecule has 0 spiro atoms. The van der Waals surface area contributed by atoms with E-state index in [1.807, 2.05) is 13.8 Å². The third-order valence-corrected chi connectivity index (χ3v) is 2.95. The Morgan fingerprint density at radius 2 is 1.94 bits per heavy atom. The number of benzene rings is 1. The first-order valence-electron chi connectivity index (χ1n) is 5.94. The van der Waals surface area contributed by atoms with Gasteiger partial charge >= 0.3 is 0 Å². The molecule has 2 nitrogen and oxygen atoms in total. The second kappa shape index (κ2) is 5.02. The lowest BCUT2D eigenvalue weighted by atomic mass is 10.2. The SMILES string of the molecule is CCCNC(C)c1cc2c(F)c(F)c(F)cc2[nH]1. The molecule has 0 fully saturated rings. The van der Waals surface area contributed by atoms with E-state index in [0.29, 0.717) is 5.69 Å². The van der Waals surface area contributed by atoms with Crippen LogP contribution in [0.2, 0.25) is 0 Å². The molecule has 0 saturated carbocycles. The molecule has 1 atom stereocenters. The van der Waals surface area contributed by atoms with Crippen molar-refractivity contribution < 1.29 is 13.2 Å². The van der Waals surface area contributed by atoms with Crippen LogP contribution in [0.15, 0.2) is 12.1 Å². The van der Waals surface area contributed by atoms with E-state index in [2.05, 4.69) is 10.3 Å². The zero-order chi connectivity index (χ0) is 13.3. The van der Waals surface area contributed by atoms with Crippen LogP contribution in [0.4, 0.5) is 13.2 Å². The van der Waals surface area contributed by atoms with Gasteiger partial charge in [-0.25, -0.2) is 13.2 Å². The van der Waals surface area contributed by atoms with E-state index in [9.17, 15) is 13.2 Å². The lowest BCUT2D eigenvalue weighted by Gasteiger charge is -2.10. The summed E-state index contributed by atoms with van der Waals surface area (Å²) in [4.78, 5) is 2.90. The number of nitrogens with one attached hydrogen (secondary N) is 2. The summed E-state index contributed by atoms with van der Waals surface area (Å²) in [5.74, 6) is -3.75. The molecule has 0 amide bonds. The highest BCUT2D eigenvalue weighted by atomic mass is 19.2. The van der Waals surface area contributed by atoms with Crippen LogP contribution in [-0.4, -0.2) is 11.5 Å². The molecule has 1 aromatic heterocycles. The summed E-state index contributed by atoms with van der Waals surface area (Å²) in [6.07, 6.45) is 0.974. The Balaban J connectivity index is 2.41. The number of halogens is 3. The van der Waals surface area contributed by atoms with Crippen LogP contribution >= 0.6 is 0 Å². The van der Waals surface area contributed by atoms with Crippen molar-refractivity contribution >= 4 is 10.9 Å². The van der Waals surface area contributed by atoms with Gasteiger partial charge in [-0.2, -0.15) is 0 Å². The third-order valence-electron chi connectivity index (χ3n) is 2.95. The van der Waals surface area contributed by atoms with Crippen LogP contribution in [0.5, 0.6) is 0 Å². The summed E-state index contributed by atoms with van der Waals surface area (Å²) in [5.41, 5.74) is 0.980. The lowest BCUT2D eigenvalue weighted by molar-refractivity contribution is 0.453. The summed E-state index contributed by atoms with van der Waals surface area (Å²) in [6.45, 7) is 4.77. The van der Waals surface area contributed by atoms with E-state index in [1.54, 1.807) is 0 Å². The average Bonchev–Trinajstić information content (AvgIpc) is 2.77. The Morgan fingerprint density at radius 1 is 1.22 bits per heavy atom. The van der Waals surface area contributed by atoms with Crippen LogP contribution in [0.3, 0.4) is 0 Å². The van der Waals surface area contributed by atoms with Crippen molar-refractivity contribution in [3.63, 3.8) is 0 Å². The highest BCUT2D eigenvalue weighted by Crippen LogP contribution is 2.25. The number of rotatable bonds is 4. The van der Waals surface area contributed by atoms with E-state index >= 15 is 0 Å². The molecule has 2 N–H and O–H groups in total. The van der Waals surface area contributed by atoms with Crippen LogP contribution in [0.25, 0.3) is 10.9 Å². The summed E-state index contributed by atoms with van der Waals surface area (Å²) in [5, 5.41) is 3.29. The van der Waals surface area contributed by atoms with Gasteiger partial charge in [0.25, 0.3) is 0 Å². The quantitative estimate of drug-likeness (QED) is 0.803. The van der Waals surface area contributed by atoms with Crippen molar-refractivity contribution in [2.45, 2.75) is 26.3 Å². The molecule has 0 aliphatic rings. The number of hydrogen-bond acceptors (Lipinski definition) is 1. The van der Waals surface area contributed by atoms with E-state index in [1.165, 1.54) is 6.07 Å². The first kappa shape index (κ1) is 13.0. The fraction of sp³-hybridized carbons (Fsp3) is 0.385. The van der Waals surface area contributed by atoms with Crippen LogP contribution in [0.1, 0.15) is 32.0 Å². The van der Waals surface area contributed by atoms with Gasteiger partial charge < -0.3 is 10.3 Å².